The number of rotatable bonds is 1. The zero-order chi connectivity index (χ0) is 8.43. The van der Waals surface area contributed by atoms with Gasteiger partial charge in [0.15, 0.2) is 0 Å². The van der Waals surface area contributed by atoms with Crippen LogP contribution in [0.3, 0.4) is 0 Å². The average molecular weight is 156 g/mol. The van der Waals surface area contributed by atoms with Crippen LogP contribution < -0.4 is 5.43 Å². The second-order valence-corrected chi connectivity index (χ2v) is 2.82. The lowest BCUT2D eigenvalue weighted by Crippen LogP contribution is -2.45. The second-order valence-electron chi connectivity index (χ2n) is 2.82. The number of carbonyl (C=O) groups excluding carboxylic acids is 2. The Bertz CT molecular complexity index is 191. The van der Waals surface area contributed by atoms with Gasteiger partial charge in [-0.15, -0.1) is 0 Å². The fourth-order valence-electron chi connectivity index (χ4n) is 1.17. The van der Waals surface area contributed by atoms with Gasteiger partial charge in [0, 0.05) is 13.3 Å². The zero-order valence-corrected chi connectivity index (χ0v) is 6.76. The number of hydrazine groups is 1. The molecular formula is C7H12N2O2. The van der Waals surface area contributed by atoms with E-state index in [-0.39, 0.29) is 17.9 Å². The number of hydrogen-bond donors (Lipinski definition) is 1. The molecule has 1 rings (SSSR count). The third kappa shape index (κ3) is 1.69. The molecule has 0 aromatic carbocycles. The fourth-order valence-corrected chi connectivity index (χ4v) is 1.17. The van der Waals surface area contributed by atoms with Crippen molar-refractivity contribution in [1.29, 1.82) is 0 Å². The van der Waals surface area contributed by atoms with E-state index < -0.39 is 0 Å². The molecule has 11 heavy (non-hydrogen) atoms. The maximum Gasteiger partial charge on any atom is 0.241 e. The van der Waals surface area contributed by atoms with Gasteiger partial charge in [-0.05, 0) is 13.3 Å². The van der Waals surface area contributed by atoms with Crippen LogP contribution in [-0.2, 0) is 9.59 Å². The number of nitrogens with zero attached hydrogens (tertiary/aromatic N) is 1. The van der Waals surface area contributed by atoms with Gasteiger partial charge in [-0.25, -0.2) is 0 Å². The summed E-state index contributed by atoms with van der Waals surface area (Å²) in [4.78, 5) is 21.6. The highest BCUT2D eigenvalue weighted by Gasteiger charge is 2.27. The van der Waals surface area contributed by atoms with Crippen molar-refractivity contribution >= 4 is 11.8 Å². The third-order valence-corrected chi connectivity index (χ3v) is 1.76. The molecule has 62 valence electrons. The first-order valence-electron chi connectivity index (χ1n) is 3.70. The second kappa shape index (κ2) is 2.90. The molecule has 1 aliphatic rings. The number of carbonyl (C=O) groups is 2. The van der Waals surface area contributed by atoms with Crippen LogP contribution in [0.2, 0.25) is 0 Å². The first-order chi connectivity index (χ1) is 5.11. The first kappa shape index (κ1) is 8.04. The molecule has 1 fully saturated rings. The SMILES string of the molecule is CC(=O)NN1C(=O)CC[C@@H]1C. The van der Waals surface area contributed by atoms with E-state index in [1.165, 1.54) is 11.9 Å². The quantitative estimate of drug-likeness (QED) is 0.583. The van der Waals surface area contributed by atoms with Crippen LogP contribution in [0.4, 0.5) is 0 Å². The molecule has 2 amide bonds. The lowest BCUT2D eigenvalue weighted by molar-refractivity contribution is -0.138. The molecule has 0 unspecified atom stereocenters. The average Bonchev–Trinajstić information content (AvgIpc) is 2.18. The molecule has 0 bridgehead atoms. The van der Waals surface area contributed by atoms with E-state index in [1.807, 2.05) is 6.92 Å². The summed E-state index contributed by atoms with van der Waals surface area (Å²) in [5, 5.41) is 1.41. The van der Waals surface area contributed by atoms with E-state index in [0.29, 0.717) is 6.42 Å². The van der Waals surface area contributed by atoms with Gasteiger partial charge in [0.05, 0.1) is 6.04 Å². The number of nitrogens with one attached hydrogen (secondary N) is 1. The molecule has 0 aromatic heterocycles. The van der Waals surface area contributed by atoms with Crippen molar-refractivity contribution in [2.24, 2.45) is 0 Å². The van der Waals surface area contributed by atoms with Gasteiger partial charge >= 0.3 is 0 Å². The molecule has 0 aliphatic carbocycles. The molecular weight excluding hydrogens is 144 g/mol. The standard InChI is InChI=1S/C7H12N2O2/c1-5-3-4-7(11)9(5)8-6(2)10/h5H,3-4H2,1-2H3,(H,8,10)/t5-/m0/s1. The van der Waals surface area contributed by atoms with Crippen LogP contribution in [0.1, 0.15) is 26.7 Å². The molecule has 0 spiro atoms. The highest BCUT2D eigenvalue weighted by atomic mass is 16.2. The summed E-state index contributed by atoms with van der Waals surface area (Å²) in [6, 6.07) is 0.145. The third-order valence-electron chi connectivity index (χ3n) is 1.76. The summed E-state index contributed by atoms with van der Waals surface area (Å²) in [6.45, 7) is 3.32. The Morgan fingerprint density at radius 2 is 2.36 bits per heavy atom. The molecule has 4 nitrogen and oxygen atoms in total. The van der Waals surface area contributed by atoms with Crippen LogP contribution in [-0.4, -0.2) is 22.9 Å². The van der Waals surface area contributed by atoms with Crippen LogP contribution in [0.25, 0.3) is 0 Å². The lowest BCUT2D eigenvalue weighted by Gasteiger charge is -2.20. The first-order valence-corrected chi connectivity index (χ1v) is 3.70. The van der Waals surface area contributed by atoms with Crippen LogP contribution in [0.5, 0.6) is 0 Å². The molecule has 0 aromatic rings. The van der Waals surface area contributed by atoms with E-state index in [4.69, 9.17) is 0 Å². The summed E-state index contributed by atoms with van der Waals surface area (Å²) < 4.78 is 0. The predicted octanol–water partition coefficient (Wildman–Crippen LogP) is 0.0484. The Labute approximate surface area is 65.5 Å². The van der Waals surface area contributed by atoms with Gasteiger partial charge in [0.1, 0.15) is 0 Å². The smallest absolute Gasteiger partial charge is 0.241 e. The Morgan fingerprint density at radius 1 is 1.73 bits per heavy atom. The molecule has 4 heteroatoms. The number of hydrogen-bond acceptors (Lipinski definition) is 2. The molecule has 1 atom stereocenters. The lowest BCUT2D eigenvalue weighted by atomic mass is 10.3. The van der Waals surface area contributed by atoms with Crippen LogP contribution in [0.15, 0.2) is 0 Å². The van der Waals surface area contributed by atoms with Gasteiger partial charge in [0.2, 0.25) is 11.8 Å². The van der Waals surface area contributed by atoms with Gasteiger partial charge in [0.25, 0.3) is 0 Å². The maximum atomic E-state index is 11.0. The highest BCUT2D eigenvalue weighted by Crippen LogP contribution is 2.14. The van der Waals surface area contributed by atoms with E-state index in [1.54, 1.807) is 0 Å². The van der Waals surface area contributed by atoms with Crippen LogP contribution in [0, 0.1) is 0 Å². The largest absolute Gasteiger partial charge is 0.274 e. The Hall–Kier alpha value is -1.06. The minimum Gasteiger partial charge on any atom is -0.274 e. The minimum atomic E-state index is -0.188. The van der Waals surface area contributed by atoms with Crippen molar-refractivity contribution in [3.63, 3.8) is 0 Å². The summed E-state index contributed by atoms with van der Waals surface area (Å²) in [5.41, 5.74) is 2.49. The molecule has 1 N–H and O–H groups in total. The van der Waals surface area contributed by atoms with Crippen molar-refractivity contribution in [1.82, 2.24) is 10.4 Å². The summed E-state index contributed by atoms with van der Waals surface area (Å²) in [7, 11) is 0. The van der Waals surface area contributed by atoms with E-state index in [2.05, 4.69) is 5.43 Å². The van der Waals surface area contributed by atoms with Gasteiger partial charge < -0.3 is 0 Å². The van der Waals surface area contributed by atoms with E-state index in [9.17, 15) is 9.59 Å². The van der Waals surface area contributed by atoms with Crippen molar-refractivity contribution in [3.8, 4) is 0 Å². The van der Waals surface area contributed by atoms with Crippen LogP contribution >= 0.6 is 0 Å². The summed E-state index contributed by atoms with van der Waals surface area (Å²) in [5.74, 6) is -0.181. The number of amides is 2. The Morgan fingerprint density at radius 3 is 2.73 bits per heavy atom. The molecule has 1 heterocycles. The Balaban J connectivity index is 2.54. The topological polar surface area (TPSA) is 49.4 Å². The summed E-state index contributed by atoms with van der Waals surface area (Å²) >= 11 is 0. The van der Waals surface area contributed by atoms with E-state index >= 15 is 0 Å². The molecule has 1 aliphatic heterocycles. The molecule has 1 saturated heterocycles. The summed E-state index contributed by atoms with van der Waals surface area (Å²) in [6.07, 6.45) is 1.38. The normalized spacial score (nSPS) is 24.0. The van der Waals surface area contributed by atoms with Crippen molar-refractivity contribution < 1.29 is 9.59 Å². The maximum absolute atomic E-state index is 11.0. The zero-order valence-electron chi connectivity index (χ0n) is 6.76. The van der Waals surface area contributed by atoms with Gasteiger partial charge in [-0.2, -0.15) is 0 Å². The predicted molar refractivity (Wildman–Crippen MR) is 39.4 cm³/mol. The van der Waals surface area contributed by atoms with Crippen molar-refractivity contribution in [2.45, 2.75) is 32.7 Å². The van der Waals surface area contributed by atoms with Crippen molar-refractivity contribution in [3.05, 3.63) is 0 Å². The van der Waals surface area contributed by atoms with Crippen molar-refractivity contribution in [2.75, 3.05) is 0 Å². The fraction of sp³-hybridized carbons (Fsp3) is 0.714. The van der Waals surface area contributed by atoms with E-state index in [0.717, 1.165) is 6.42 Å². The highest BCUT2D eigenvalue weighted by molar-refractivity contribution is 5.82. The Kier molecular flexibility index (Phi) is 2.12. The van der Waals surface area contributed by atoms with Gasteiger partial charge in [-0.1, -0.05) is 0 Å². The van der Waals surface area contributed by atoms with Gasteiger partial charge in [-0.3, -0.25) is 20.0 Å². The monoisotopic (exact) mass is 156 g/mol. The minimum absolute atomic E-state index is 0.00713. The molecule has 0 radical (unpaired) electrons. The molecule has 0 saturated carbocycles.